The molecule has 0 spiro atoms. The van der Waals surface area contributed by atoms with Crippen LogP contribution in [0.5, 0.6) is 5.75 Å². The van der Waals surface area contributed by atoms with Crippen LogP contribution in [0.3, 0.4) is 0 Å². The summed E-state index contributed by atoms with van der Waals surface area (Å²) in [6.07, 6.45) is 0.150. The van der Waals surface area contributed by atoms with Gasteiger partial charge in [-0.3, -0.25) is 4.57 Å². The molecule has 3 aromatic carbocycles. The van der Waals surface area contributed by atoms with Gasteiger partial charge >= 0.3 is 5.69 Å². The Morgan fingerprint density at radius 2 is 1.51 bits per heavy atom. The number of aromatic nitrogens is 2. The van der Waals surface area contributed by atoms with E-state index in [0.717, 1.165) is 22.4 Å². The topological polar surface area (TPSA) is 94.8 Å². The summed E-state index contributed by atoms with van der Waals surface area (Å²) < 4.78 is 18.4. The first-order valence-corrected chi connectivity index (χ1v) is 12.9. The van der Waals surface area contributed by atoms with E-state index < -0.39 is 29.7 Å². The van der Waals surface area contributed by atoms with E-state index in [-0.39, 0.29) is 12.5 Å². The minimum absolute atomic E-state index is 0.0893. The maximum absolute atomic E-state index is 13.4. The molecule has 5 rings (SSSR count). The lowest BCUT2D eigenvalue weighted by Gasteiger charge is -2.37. The van der Waals surface area contributed by atoms with Crippen LogP contribution in [-0.2, 0) is 15.0 Å². The molecule has 1 aliphatic heterocycles. The highest BCUT2D eigenvalue weighted by atomic mass is 16.6. The fourth-order valence-corrected chi connectivity index (χ4v) is 5.42. The van der Waals surface area contributed by atoms with Gasteiger partial charge in [0.2, 0.25) is 0 Å². The maximum atomic E-state index is 13.4. The number of hydrogen-bond acceptors (Lipinski definition) is 7. The number of nitrogens with zero attached hydrogens (tertiary/aromatic N) is 2. The van der Waals surface area contributed by atoms with Crippen LogP contribution in [0.2, 0.25) is 0 Å². The van der Waals surface area contributed by atoms with Gasteiger partial charge in [-0.05, 0) is 34.9 Å². The van der Waals surface area contributed by atoms with Gasteiger partial charge in [0.05, 0.1) is 19.8 Å². The number of aliphatic hydroxyl groups is 1. The summed E-state index contributed by atoms with van der Waals surface area (Å²) in [5, 5.41) is 13.3. The molecule has 202 valence electrons. The van der Waals surface area contributed by atoms with Gasteiger partial charge in [-0.15, -0.1) is 0 Å². The van der Waals surface area contributed by atoms with E-state index in [9.17, 15) is 9.90 Å². The Hall–Kier alpha value is -3.98. The summed E-state index contributed by atoms with van der Waals surface area (Å²) in [6.45, 7) is 1.78. The van der Waals surface area contributed by atoms with Crippen molar-refractivity contribution in [2.45, 2.75) is 30.9 Å². The van der Waals surface area contributed by atoms with Crippen LogP contribution in [0.1, 0.15) is 29.8 Å². The van der Waals surface area contributed by atoms with Gasteiger partial charge in [-0.25, -0.2) is 4.79 Å². The van der Waals surface area contributed by atoms with Crippen LogP contribution in [-0.4, -0.2) is 47.7 Å². The average molecular weight is 528 g/mol. The van der Waals surface area contributed by atoms with Gasteiger partial charge in [0.1, 0.15) is 23.2 Å². The zero-order valence-corrected chi connectivity index (χ0v) is 22.2. The number of ether oxygens (including phenoxy) is 3. The molecule has 2 heterocycles. The predicted octanol–water partition coefficient (Wildman–Crippen LogP) is 4.20. The summed E-state index contributed by atoms with van der Waals surface area (Å²) in [4.78, 5) is 17.8. The van der Waals surface area contributed by atoms with E-state index in [1.807, 2.05) is 67.6 Å². The first kappa shape index (κ1) is 26.6. The number of nitrogens with one attached hydrogen (secondary N) is 1. The van der Waals surface area contributed by atoms with Crippen molar-refractivity contribution in [1.82, 2.24) is 9.55 Å². The van der Waals surface area contributed by atoms with Gasteiger partial charge in [0, 0.05) is 19.2 Å². The SMILES string of the molecule is COc1ccc(C(Nc2ccn([C@@H]3O[C@H](CO)C(C)[C@@H]3OC)c(=O)n2)(c2ccccc2)c2ccccc2)cc1. The van der Waals surface area contributed by atoms with Crippen molar-refractivity contribution in [3.05, 3.63) is 124 Å². The van der Waals surface area contributed by atoms with Crippen molar-refractivity contribution in [2.24, 2.45) is 5.92 Å². The van der Waals surface area contributed by atoms with Crippen LogP contribution in [0.25, 0.3) is 0 Å². The average Bonchev–Trinajstić information content (AvgIpc) is 3.31. The van der Waals surface area contributed by atoms with Crippen LogP contribution < -0.4 is 15.7 Å². The van der Waals surface area contributed by atoms with Crippen LogP contribution >= 0.6 is 0 Å². The van der Waals surface area contributed by atoms with Gasteiger partial charge in [-0.2, -0.15) is 4.98 Å². The van der Waals surface area contributed by atoms with Gasteiger partial charge in [0.25, 0.3) is 0 Å². The summed E-state index contributed by atoms with van der Waals surface area (Å²) in [7, 11) is 3.22. The van der Waals surface area contributed by atoms with Crippen molar-refractivity contribution in [1.29, 1.82) is 0 Å². The molecule has 1 aliphatic rings. The van der Waals surface area contributed by atoms with Crippen molar-refractivity contribution in [3.63, 3.8) is 0 Å². The summed E-state index contributed by atoms with van der Waals surface area (Å²) >= 11 is 0. The summed E-state index contributed by atoms with van der Waals surface area (Å²) in [6, 6.07) is 29.8. The monoisotopic (exact) mass is 527 g/mol. The van der Waals surface area contributed by atoms with Gasteiger partial charge in [-0.1, -0.05) is 79.7 Å². The molecule has 8 heteroatoms. The minimum atomic E-state index is -0.865. The second kappa shape index (κ2) is 11.4. The van der Waals surface area contributed by atoms with E-state index in [1.165, 1.54) is 4.57 Å². The minimum Gasteiger partial charge on any atom is -0.497 e. The number of aliphatic hydroxyl groups excluding tert-OH is 1. The quantitative estimate of drug-likeness (QED) is 0.315. The van der Waals surface area contributed by atoms with Gasteiger partial charge in [0.15, 0.2) is 6.23 Å². The van der Waals surface area contributed by atoms with E-state index in [4.69, 9.17) is 14.2 Å². The van der Waals surface area contributed by atoms with Crippen molar-refractivity contribution >= 4 is 5.82 Å². The fourth-order valence-electron chi connectivity index (χ4n) is 5.42. The predicted molar refractivity (Wildman–Crippen MR) is 149 cm³/mol. The zero-order chi connectivity index (χ0) is 27.4. The van der Waals surface area contributed by atoms with E-state index >= 15 is 0 Å². The molecule has 1 unspecified atom stereocenters. The van der Waals surface area contributed by atoms with Crippen molar-refractivity contribution < 1.29 is 19.3 Å². The molecule has 1 saturated heterocycles. The van der Waals surface area contributed by atoms with E-state index in [1.54, 1.807) is 26.5 Å². The highest BCUT2D eigenvalue weighted by Crippen LogP contribution is 2.40. The highest BCUT2D eigenvalue weighted by Gasteiger charge is 2.43. The Morgan fingerprint density at radius 1 is 0.923 bits per heavy atom. The summed E-state index contributed by atoms with van der Waals surface area (Å²) in [5.74, 6) is 1.06. The molecule has 0 aliphatic carbocycles. The normalized spacial score (nSPS) is 21.0. The summed E-state index contributed by atoms with van der Waals surface area (Å²) in [5.41, 5.74) is 1.55. The third-order valence-electron chi connectivity index (χ3n) is 7.51. The Morgan fingerprint density at radius 3 is 2.03 bits per heavy atom. The van der Waals surface area contributed by atoms with Crippen molar-refractivity contribution in [3.8, 4) is 5.75 Å². The first-order chi connectivity index (χ1) is 19.0. The smallest absolute Gasteiger partial charge is 0.351 e. The largest absolute Gasteiger partial charge is 0.497 e. The standard InChI is InChI=1S/C31H33N3O5/c1-21-26(20-35)39-29(28(21)38-3)34-19-18-27(32-30(34)36)33-31(22-10-6-4-7-11-22,23-12-8-5-9-13-23)24-14-16-25(37-2)17-15-24/h4-19,21,26,28-29,35H,20H2,1-3H3,(H,32,33,36)/t21?,26-,28+,29-/m1/s1. The molecule has 4 atom stereocenters. The molecule has 8 nitrogen and oxygen atoms in total. The molecule has 2 N–H and O–H groups in total. The molecule has 0 saturated carbocycles. The highest BCUT2D eigenvalue weighted by molar-refractivity contribution is 5.58. The third kappa shape index (κ3) is 4.94. The lowest BCUT2D eigenvalue weighted by Crippen LogP contribution is -2.40. The Balaban J connectivity index is 1.62. The first-order valence-electron chi connectivity index (χ1n) is 12.9. The van der Waals surface area contributed by atoms with Crippen LogP contribution in [0.15, 0.2) is 102 Å². The lowest BCUT2D eigenvalue weighted by molar-refractivity contribution is -0.0624. The molecule has 0 radical (unpaired) electrons. The van der Waals surface area contributed by atoms with Crippen molar-refractivity contribution in [2.75, 3.05) is 26.1 Å². The van der Waals surface area contributed by atoms with E-state index in [2.05, 4.69) is 34.6 Å². The van der Waals surface area contributed by atoms with Crippen LogP contribution in [0, 0.1) is 5.92 Å². The Bertz CT molecular complexity index is 1390. The second-order valence-corrected chi connectivity index (χ2v) is 9.65. The van der Waals surface area contributed by atoms with Gasteiger partial charge < -0.3 is 24.6 Å². The second-order valence-electron chi connectivity index (χ2n) is 9.65. The third-order valence-corrected chi connectivity index (χ3v) is 7.51. The lowest BCUT2D eigenvalue weighted by atomic mass is 9.77. The number of anilines is 1. The zero-order valence-electron chi connectivity index (χ0n) is 22.2. The van der Waals surface area contributed by atoms with E-state index in [0.29, 0.717) is 5.82 Å². The molecule has 0 bridgehead atoms. The molecule has 4 aromatic rings. The number of methoxy groups -OCH3 is 2. The Labute approximate surface area is 227 Å². The molecule has 39 heavy (non-hydrogen) atoms. The molecular weight excluding hydrogens is 494 g/mol. The number of hydrogen-bond donors (Lipinski definition) is 2. The van der Waals surface area contributed by atoms with Crippen LogP contribution in [0.4, 0.5) is 5.82 Å². The molecular formula is C31H33N3O5. The maximum Gasteiger partial charge on any atom is 0.351 e. The molecule has 1 aromatic heterocycles. The fraction of sp³-hybridized carbons (Fsp3) is 0.290. The number of rotatable bonds is 9. The molecule has 1 fully saturated rings. The number of benzene rings is 3. The Kier molecular flexibility index (Phi) is 7.79. The molecule has 0 amide bonds.